The van der Waals surface area contributed by atoms with Gasteiger partial charge in [0.2, 0.25) is 5.95 Å². The van der Waals surface area contributed by atoms with E-state index < -0.39 is 0 Å². The van der Waals surface area contributed by atoms with Crippen LogP contribution in [0.1, 0.15) is 0 Å². The molecule has 3 aromatic rings. The van der Waals surface area contributed by atoms with E-state index in [4.69, 9.17) is 15.2 Å². The highest BCUT2D eigenvalue weighted by Crippen LogP contribution is 2.33. The van der Waals surface area contributed by atoms with Crippen LogP contribution in [-0.4, -0.2) is 24.2 Å². The summed E-state index contributed by atoms with van der Waals surface area (Å²) in [6.45, 7) is 0. The van der Waals surface area contributed by atoms with Crippen molar-refractivity contribution in [1.29, 1.82) is 0 Å². The number of nitrogen functional groups attached to an aromatic ring is 1. The molecular formula is C18H17N3O2. The van der Waals surface area contributed by atoms with Crippen molar-refractivity contribution in [3.8, 4) is 34.0 Å². The van der Waals surface area contributed by atoms with Crippen molar-refractivity contribution in [3.63, 3.8) is 0 Å². The van der Waals surface area contributed by atoms with Gasteiger partial charge in [-0.05, 0) is 30.3 Å². The minimum atomic E-state index is 0.203. The van der Waals surface area contributed by atoms with E-state index in [1.54, 1.807) is 14.2 Å². The van der Waals surface area contributed by atoms with E-state index in [9.17, 15) is 0 Å². The van der Waals surface area contributed by atoms with Crippen LogP contribution >= 0.6 is 0 Å². The molecule has 2 N–H and O–H groups in total. The normalized spacial score (nSPS) is 10.3. The first kappa shape index (κ1) is 14.8. The minimum absolute atomic E-state index is 0.203. The molecule has 0 fully saturated rings. The molecular weight excluding hydrogens is 290 g/mol. The zero-order valence-corrected chi connectivity index (χ0v) is 13.0. The van der Waals surface area contributed by atoms with E-state index >= 15 is 0 Å². The Kier molecular flexibility index (Phi) is 4.10. The van der Waals surface area contributed by atoms with Gasteiger partial charge in [-0.1, -0.05) is 24.3 Å². The Hall–Kier alpha value is -3.08. The summed E-state index contributed by atoms with van der Waals surface area (Å²) in [6, 6.07) is 17.2. The molecule has 116 valence electrons. The minimum Gasteiger partial charge on any atom is -0.496 e. The molecule has 0 aliphatic carbocycles. The van der Waals surface area contributed by atoms with Crippen LogP contribution in [-0.2, 0) is 0 Å². The van der Waals surface area contributed by atoms with E-state index in [1.165, 1.54) is 0 Å². The second kappa shape index (κ2) is 6.36. The van der Waals surface area contributed by atoms with Crippen molar-refractivity contribution in [3.05, 3.63) is 54.6 Å². The van der Waals surface area contributed by atoms with Crippen molar-refractivity contribution in [2.45, 2.75) is 0 Å². The second-order valence-electron chi connectivity index (χ2n) is 4.90. The Bertz CT molecular complexity index is 768. The lowest BCUT2D eigenvalue weighted by molar-refractivity contribution is 0.416. The van der Waals surface area contributed by atoms with Crippen LogP contribution in [0.5, 0.6) is 11.5 Å². The van der Waals surface area contributed by atoms with Crippen LogP contribution in [0.4, 0.5) is 5.95 Å². The van der Waals surface area contributed by atoms with Gasteiger partial charge in [0.15, 0.2) is 0 Å². The second-order valence-corrected chi connectivity index (χ2v) is 4.90. The lowest BCUT2D eigenvalue weighted by atomic mass is 10.1. The molecule has 23 heavy (non-hydrogen) atoms. The fourth-order valence-electron chi connectivity index (χ4n) is 2.45. The van der Waals surface area contributed by atoms with E-state index in [0.29, 0.717) is 11.4 Å². The van der Waals surface area contributed by atoms with Crippen molar-refractivity contribution >= 4 is 5.95 Å². The average molecular weight is 307 g/mol. The Morgan fingerprint density at radius 3 is 1.61 bits per heavy atom. The van der Waals surface area contributed by atoms with E-state index in [2.05, 4.69) is 9.97 Å². The van der Waals surface area contributed by atoms with E-state index in [1.807, 2.05) is 54.6 Å². The van der Waals surface area contributed by atoms with Gasteiger partial charge in [-0.15, -0.1) is 0 Å². The molecule has 0 spiro atoms. The number of hydrogen-bond donors (Lipinski definition) is 1. The summed E-state index contributed by atoms with van der Waals surface area (Å²) < 4.78 is 10.8. The summed E-state index contributed by atoms with van der Waals surface area (Å²) in [6.07, 6.45) is 0. The monoisotopic (exact) mass is 307 g/mol. The molecule has 1 aromatic heterocycles. The molecule has 0 saturated carbocycles. The summed E-state index contributed by atoms with van der Waals surface area (Å²) in [5.74, 6) is 1.67. The SMILES string of the molecule is COc1ccccc1-c1cc(-c2ccccc2OC)nc(N)n1. The highest BCUT2D eigenvalue weighted by molar-refractivity contribution is 5.75. The molecule has 0 amide bonds. The third-order valence-corrected chi connectivity index (χ3v) is 3.51. The number of nitrogens with zero attached hydrogens (tertiary/aromatic N) is 2. The van der Waals surface area contributed by atoms with Crippen LogP contribution in [0, 0.1) is 0 Å². The summed E-state index contributed by atoms with van der Waals surface area (Å²) in [5, 5.41) is 0. The van der Waals surface area contributed by atoms with Crippen molar-refractivity contribution < 1.29 is 9.47 Å². The predicted molar refractivity (Wildman–Crippen MR) is 90.4 cm³/mol. The van der Waals surface area contributed by atoms with E-state index in [-0.39, 0.29) is 5.95 Å². The Morgan fingerprint density at radius 1 is 0.739 bits per heavy atom. The summed E-state index contributed by atoms with van der Waals surface area (Å²) >= 11 is 0. The number of anilines is 1. The highest BCUT2D eigenvalue weighted by Gasteiger charge is 2.13. The Labute approximate surface area is 134 Å². The number of nitrogens with two attached hydrogens (primary N) is 1. The zero-order valence-electron chi connectivity index (χ0n) is 13.0. The van der Waals surface area contributed by atoms with Gasteiger partial charge in [-0.2, -0.15) is 0 Å². The fraction of sp³-hybridized carbons (Fsp3) is 0.111. The molecule has 2 aromatic carbocycles. The van der Waals surface area contributed by atoms with Gasteiger partial charge < -0.3 is 15.2 Å². The van der Waals surface area contributed by atoms with Crippen LogP contribution in [0.2, 0.25) is 0 Å². The molecule has 0 bridgehead atoms. The van der Waals surface area contributed by atoms with Gasteiger partial charge >= 0.3 is 0 Å². The first-order valence-corrected chi connectivity index (χ1v) is 7.14. The molecule has 0 unspecified atom stereocenters. The third-order valence-electron chi connectivity index (χ3n) is 3.51. The predicted octanol–water partition coefficient (Wildman–Crippen LogP) is 3.41. The highest BCUT2D eigenvalue weighted by atomic mass is 16.5. The topological polar surface area (TPSA) is 70.3 Å². The Morgan fingerprint density at radius 2 is 1.17 bits per heavy atom. The van der Waals surface area contributed by atoms with Gasteiger partial charge in [-0.3, -0.25) is 0 Å². The van der Waals surface area contributed by atoms with Crippen LogP contribution in [0.3, 0.4) is 0 Å². The summed E-state index contributed by atoms with van der Waals surface area (Å²) in [7, 11) is 3.26. The molecule has 3 rings (SSSR count). The van der Waals surface area contributed by atoms with Crippen molar-refractivity contribution in [2.24, 2.45) is 0 Å². The maximum atomic E-state index is 5.91. The van der Waals surface area contributed by atoms with Crippen LogP contribution < -0.4 is 15.2 Å². The van der Waals surface area contributed by atoms with E-state index in [0.717, 1.165) is 22.6 Å². The number of aromatic nitrogens is 2. The maximum absolute atomic E-state index is 5.91. The number of para-hydroxylation sites is 2. The first-order valence-electron chi connectivity index (χ1n) is 7.14. The van der Waals surface area contributed by atoms with Crippen molar-refractivity contribution in [2.75, 3.05) is 20.0 Å². The smallest absolute Gasteiger partial charge is 0.221 e. The molecule has 1 heterocycles. The van der Waals surface area contributed by atoms with Crippen LogP contribution in [0.25, 0.3) is 22.5 Å². The molecule has 0 aliphatic heterocycles. The summed E-state index contributed by atoms with van der Waals surface area (Å²) in [4.78, 5) is 8.68. The third kappa shape index (κ3) is 2.94. The molecule has 0 atom stereocenters. The Balaban J connectivity index is 2.17. The zero-order chi connectivity index (χ0) is 16.2. The number of rotatable bonds is 4. The average Bonchev–Trinajstić information content (AvgIpc) is 2.61. The largest absolute Gasteiger partial charge is 0.496 e. The van der Waals surface area contributed by atoms with Gasteiger partial charge in [-0.25, -0.2) is 9.97 Å². The molecule has 0 radical (unpaired) electrons. The standard InChI is InChI=1S/C18H17N3O2/c1-22-16-9-5-3-7-12(16)14-11-15(21-18(19)20-14)13-8-4-6-10-17(13)23-2/h3-11H,1-2H3,(H2,19,20,21). The van der Waals surface area contributed by atoms with Crippen molar-refractivity contribution in [1.82, 2.24) is 9.97 Å². The number of methoxy groups -OCH3 is 2. The molecule has 5 nitrogen and oxygen atoms in total. The van der Waals surface area contributed by atoms with Gasteiger partial charge in [0.05, 0.1) is 25.6 Å². The lowest BCUT2D eigenvalue weighted by Gasteiger charge is -2.11. The quantitative estimate of drug-likeness (QED) is 0.800. The number of hydrogen-bond acceptors (Lipinski definition) is 5. The van der Waals surface area contributed by atoms with Crippen LogP contribution in [0.15, 0.2) is 54.6 Å². The summed E-state index contributed by atoms with van der Waals surface area (Å²) in [5.41, 5.74) is 9.04. The maximum Gasteiger partial charge on any atom is 0.221 e. The molecule has 0 saturated heterocycles. The number of ether oxygens (including phenoxy) is 2. The molecule has 5 heteroatoms. The fourth-order valence-corrected chi connectivity index (χ4v) is 2.45. The first-order chi connectivity index (χ1) is 11.2. The van der Waals surface area contributed by atoms with Gasteiger partial charge in [0, 0.05) is 11.1 Å². The van der Waals surface area contributed by atoms with Gasteiger partial charge in [0.25, 0.3) is 0 Å². The lowest BCUT2D eigenvalue weighted by Crippen LogP contribution is -2.00. The number of benzene rings is 2. The van der Waals surface area contributed by atoms with Gasteiger partial charge in [0.1, 0.15) is 11.5 Å². The molecule has 0 aliphatic rings.